The number of carbonyl (C=O) groups is 1. The minimum absolute atomic E-state index is 0.216. The molecule has 0 saturated carbocycles. The first-order valence-corrected chi connectivity index (χ1v) is 9.64. The van der Waals surface area contributed by atoms with Gasteiger partial charge in [-0.15, -0.1) is 0 Å². The summed E-state index contributed by atoms with van der Waals surface area (Å²) < 4.78 is 13.1. The van der Waals surface area contributed by atoms with Crippen molar-refractivity contribution in [3.8, 4) is 5.75 Å². The fraction of sp³-hybridized carbons (Fsp3) is 0.500. The Labute approximate surface area is 165 Å². The van der Waals surface area contributed by atoms with E-state index < -0.39 is 0 Å². The lowest BCUT2D eigenvalue weighted by Crippen LogP contribution is -2.28. The fourth-order valence-corrected chi connectivity index (χ4v) is 2.97. The number of hydrogen-bond acceptors (Lipinski definition) is 5. The lowest BCUT2D eigenvalue weighted by molar-refractivity contribution is 0.0940. The quantitative estimate of drug-likeness (QED) is 0.690. The van der Waals surface area contributed by atoms with E-state index in [9.17, 15) is 4.79 Å². The van der Waals surface area contributed by atoms with Gasteiger partial charge in [0.05, 0.1) is 24.5 Å². The number of nitrogens with zero attached hydrogens (tertiary/aromatic N) is 3. The van der Waals surface area contributed by atoms with Crippen LogP contribution in [-0.2, 0) is 17.8 Å². The van der Waals surface area contributed by atoms with Gasteiger partial charge < -0.3 is 25.0 Å². The smallest absolute Gasteiger partial charge is 0.319 e. The molecule has 1 unspecified atom stereocenters. The van der Waals surface area contributed by atoms with Crippen LogP contribution >= 0.6 is 0 Å². The van der Waals surface area contributed by atoms with E-state index in [1.165, 1.54) is 0 Å². The first-order chi connectivity index (χ1) is 13.6. The van der Waals surface area contributed by atoms with Gasteiger partial charge >= 0.3 is 6.03 Å². The predicted octanol–water partition coefficient (Wildman–Crippen LogP) is 2.32. The van der Waals surface area contributed by atoms with E-state index in [1.807, 2.05) is 44.6 Å². The highest BCUT2D eigenvalue weighted by Crippen LogP contribution is 2.15. The van der Waals surface area contributed by atoms with Gasteiger partial charge in [0.2, 0.25) is 0 Å². The Morgan fingerprint density at radius 3 is 3.11 bits per heavy atom. The maximum absolute atomic E-state index is 12.2. The number of carbonyl (C=O) groups excluding carboxylic acids is 1. The molecule has 8 nitrogen and oxygen atoms in total. The largest absolute Gasteiger partial charge is 0.492 e. The van der Waals surface area contributed by atoms with Gasteiger partial charge in [0.25, 0.3) is 0 Å². The van der Waals surface area contributed by atoms with E-state index in [4.69, 9.17) is 9.47 Å². The Morgan fingerprint density at radius 1 is 1.43 bits per heavy atom. The van der Waals surface area contributed by atoms with Crippen molar-refractivity contribution in [3.05, 3.63) is 42.2 Å². The third kappa shape index (κ3) is 6.54. The molecule has 28 heavy (non-hydrogen) atoms. The highest BCUT2D eigenvalue weighted by Gasteiger charge is 2.16. The van der Waals surface area contributed by atoms with Crippen LogP contribution in [0, 0.1) is 0 Å². The summed E-state index contributed by atoms with van der Waals surface area (Å²) in [7, 11) is 4.02. The van der Waals surface area contributed by atoms with Crippen LogP contribution in [0.25, 0.3) is 0 Å². The lowest BCUT2D eigenvalue weighted by atomic mass is 10.2. The highest BCUT2D eigenvalue weighted by atomic mass is 16.5. The Bertz CT molecular complexity index is 756. The molecule has 8 heteroatoms. The highest BCUT2D eigenvalue weighted by molar-refractivity contribution is 5.88. The Hall–Kier alpha value is -2.58. The van der Waals surface area contributed by atoms with Crippen LogP contribution in [0.1, 0.15) is 18.4 Å². The van der Waals surface area contributed by atoms with Crippen molar-refractivity contribution in [2.24, 2.45) is 0 Å². The topological polar surface area (TPSA) is 80.7 Å². The molecule has 2 aromatic rings. The molecule has 0 aliphatic carbocycles. The summed E-state index contributed by atoms with van der Waals surface area (Å²) in [5.41, 5.74) is 1.64. The maximum atomic E-state index is 12.2. The molecule has 0 radical (unpaired) electrons. The average molecular weight is 387 g/mol. The molecule has 0 spiro atoms. The van der Waals surface area contributed by atoms with Gasteiger partial charge in [-0.1, -0.05) is 12.1 Å². The normalized spacial score (nSPS) is 16.3. The van der Waals surface area contributed by atoms with Crippen LogP contribution in [0.2, 0.25) is 0 Å². The van der Waals surface area contributed by atoms with Crippen LogP contribution in [0.3, 0.4) is 0 Å². The monoisotopic (exact) mass is 387 g/mol. The van der Waals surface area contributed by atoms with E-state index >= 15 is 0 Å². The van der Waals surface area contributed by atoms with E-state index in [-0.39, 0.29) is 12.1 Å². The number of anilines is 1. The van der Waals surface area contributed by atoms with Crippen LogP contribution in [0.5, 0.6) is 5.75 Å². The number of nitrogens with one attached hydrogen (secondary N) is 2. The van der Waals surface area contributed by atoms with Crippen molar-refractivity contribution in [1.29, 1.82) is 0 Å². The number of likely N-dealkylation sites (N-methyl/N-ethyl adjacent to an activating group) is 1. The van der Waals surface area contributed by atoms with Gasteiger partial charge in [0, 0.05) is 25.9 Å². The van der Waals surface area contributed by atoms with Crippen molar-refractivity contribution in [3.63, 3.8) is 0 Å². The van der Waals surface area contributed by atoms with Crippen LogP contribution in [0.4, 0.5) is 10.5 Å². The Morgan fingerprint density at radius 2 is 2.32 bits per heavy atom. The predicted molar refractivity (Wildman–Crippen MR) is 108 cm³/mol. The number of ether oxygens (including phenoxy) is 2. The number of aromatic nitrogens is 2. The minimum atomic E-state index is -0.268. The van der Waals surface area contributed by atoms with E-state index in [1.54, 1.807) is 10.9 Å². The van der Waals surface area contributed by atoms with Crippen LogP contribution < -0.4 is 15.4 Å². The van der Waals surface area contributed by atoms with E-state index in [0.717, 1.165) is 37.3 Å². The Kier molecular flexibility index (Phi) is 7.27. The molecule has 1 aliphatic heterocycles. The molecule has 2 amide bonds. The molecule has 1 aromatic heterocycles. The number of rotatable bonds is 9. The number of hydrogen-bond donors (Lipinski definition) is 2. The van der Waals surface area contributed by atoms with Crippen molar-refractivity contribution < 1.29 is 14.3 Å². The molecular formula is C20H29N5O3. The van der Waals surface area contributed by atoms with Crippen molar-refractivity contribution in [2.75, 3.05) is 39.2 Å². The third-order valence-electron chi connectivity index (χ3n) is 4.46. The summed E-state index contributed by atoms with van der Waals surface area (Å²) in [5.74, 6) is 0.803. The van der Waals surface area contributed by atoms with Crippen molar-refractivity contribution >= 4 is 11.7 Å². The van der Waals surface area contributed by atoms with Crippen LogP contribution in [-0.4, -0.2) is 60.7 Å². The SMILES string of the molecule is CN(C)CCOc1cccc(CNC(=O)Nc2cnn(CC3CCCO3)c2)c1. The zero-order chi connectivity index (χ0) is 19.8. The molecule has 3 rings (SSSR count). The molecule has 1 aliphatic rings. The van der Waals surface area contributed by atoms with E-state index in [2.05, 4.69) is 20.6 Å². The van der Waals surface area contributed by atoms with Gasteiger partial charge in [0.15, 0.2) is 0 Å². The van der Waals surface area contributed by atoms with Gasteiger partial charge in [-0.2, -0.15) is 5.10 Å². The Balaban J connectivity index is 1.42. The van der Waals surface area contributed by atoms with Gasteiger partial charge in [-0.25, -0.2) is 4.79 Å². The van der Waals surface area contributed by atoms with Gasteiger partial charge in [0.1, 0.15) is 12.4 Å². The van der Waals surface area contributed by atoms with E-state index in [0.29, 0.717) is 25.4 Å². The first kappa shape index (κ1) is 20.2. The molecule has 2 heterocycles. The summed E-state index contributed by atoms with van der Waals surface area (Å²) in [6.45, 7) is 3.43. The summed E-state index contributed by atoms with van der Waals surface area (Å²) in [6, 6.07) is 7.47. The zero-order valence-corrected chi connectivity index (χ0v) is 16.6. The fourth-order valence-electron chi connectivity index (χ4n) is 2.97. The molecule has 1 aromatic carbocycles. The molecule has 1 fully saturated rings. The van der Waals surface area contributed by atoms with Gasteiger partial charge in [-0.05, 0) is 44.6 Å². The summed E-state index contributed by atoms with van der Waals surface area (Å²) >= 11 is 0. The van der Waals surface area contributed by atoms with Gasteiger partial charge in [-0.3, -0.25) is 4.68 Å². The molecule has 1 atom stereocenters. The lowest BCUT2D eigenvalue weighted by Gasteiger charge is -2.12. The number of benzene rings is 1. The standard InChI is InChI=1S/C20H29N5O3/c1-24(2)8-10-28-18-6-3-5-16(11-18)12-21-20(26)23-17-13-22-25(14-17)15-19-7-4-9-27-19/h3,5-6,11,13-14,19H,4,7-10,12,15H2,1-2H3,(H2,21,23,26). The van der Waals surface area contributed by atoms with Crippen molar-refractivity contribution in [1.82, 2.24) is 20.0 Å². The summed E-state index contributed by atoms with van der Waals surface area (Å²) in [4.78, 5) is 14.2. The van der Waals surface area contributed by atoms with Crippen LogP contribution in [0.15, 0.2) is 36.7 Å². The molecular weight excluding hydrogens is 358 g/mol. The second-order valence-corrected chi connectivity index (χ2v) is 7.19. The molecule has 152 valence electrons. The molecule has 0 bridgehead atoms. The molecule has 1 saturated heterocycles. The van der Waals surface area contributed by atoms with Crippen molar-refractivity contribution in [2.45, 2.75) is 32.0 Å². The average Bonchev–Trinajstić information content (AvgIpc) is 3.33. The third-order valence-corrected chi connectivity index (χ3v) is 4.46. The summed E-state index contributed by atoms with van der Waals surface area (Å²) in [5, 5.41) is 9.94. The number of urea groups is 1. The minimum Gasteiger partial charge on any atom is -0.492 e. The number of amides is 2. The first-order valence-electron chi connectivity index (χ1n) is 9.64. The zero-order valence-electron chi connectivity index (χ0n) is 16.6. The second kappa shape index (κ2) is 10.1. The molecule has 2 N–H and O–H groups in total. The maximum Gasteiger partial charge on any atom is 0.319 e. The second-order valence-electron chi connectivity index (χ2n) is 7.19. The summed E-state index contributed by atoms with van der Waals surface area (Å²) in [6.07, 6.45) is 5.84.